The molecule has 0 unspecified atom stereocenters. The van der Waals surface area contributed by atoms with E-state index in [0.717, 1.165) is 52.0 Å². The van der Waals surface area contributed by atoms with Gasteiger partial charge >= 0.3 is 0 Å². The molecule has 0 radical (unpaired) electrons. The van der Waals surface area contributed by atoms with E-state index in [-0.39, 0.29) is 17.9 Å². The van der Waals surface area contributed by atoms with E-state index in [9.17, 15) is 9.59 Å². The molecule has 4 rings (SSSR count). The first-order chi connectivity index (χ1) is 12.7. The fourth-order valence-corrected chi connectivity index (χ4v) is 4.43. The van der Waals surface area contributed by atoms with Crippen molar-refractivity contribution in [2.45, 2.75) is 44.1 Å². The van der Waals surface area contributed by atoms with Gasteiger partial charge in [0.1, 0.15) is 0 Å². The minimum absolute atomic E-state index is 0.166. The molecule has 1 aliphatic carbocycles. The maximum atomic E-state index is 12.5. The van der Waals surface area contributed by atoms with Gasteiger partial charge in [-0.05, 0) is 24.8 Å². The normalized spacial score (nSPS) is 26.9. The van der Waals surface area contributed by atoms with Gasteiger partial charge in [0.2, 0.25) is 11.8 Å². The van der Waals surface area contributed by atoms with Crippen molar-refractivity contribution in [3.63, 3.8) is 0 Å². The summed E-state index contributed by atoms with van der Waals surface area (Å²) in [5.41, 5.74) is 1.30. The monoisotopic (exact) mass is 355 g/mol. The van der Waals surface area contributed by atoms with Crippen LogP contribution in [0.15, 0.2) is 30.3 Å². The van der Waals surface area contributed by atoms with E-state index in [1.54, 1.807) is 0 Å². The van der Waals surface area contributed by atoms with Crippen LogP contribution in [0.25, 0.3) is 0 Å². The van der Waals surface area contributed by atoms with Crippen LogP contribution >= 0.6 is 0 Å². The lowest BCUT2D eigenvalue weighted by molar-refractivity contribution is -0.128. The van der Waals surface area contributed by atoms with Gasteiger partial charge in [0.05, 0.1) is 0 Å². The van der Waals surface area contributed by atoms with E-state index in [1.807, 2.05) is 11.0 Å². The van der Waals surface area contributed by atoms with E-state index in [1.165, 1.54) is 12.0 Å². The molecule has 2 amide bonds. The Bertz CT molecular complexity index is 644. The van der Waals surface area contributed by atoms with Crippen LogP contribution in [0.4, 0.5) is 0 Å². The number of amides is 2. The van der Waals surface area contributed by atoms with Crippen molar-refractivity contribution in [3.8, 4) is 0 Å². The van der Waals surface area contributed by atoms with Crippen molar-refractivity contribution in [2.75, 3.05) is 32.7 Å². The van der Waals surface area contributed by atoms with Crippen molar-refractivity contribution in [2.24, 2.45) is 5.92 Å². The van der Waals surface area contributed by atoms with Crippen molar-refractivity contribution in [3.05, 3.63) is 35.9 Å². The molecule has 5 heteroatoms. The summed E-state index contributed by atoms with van der Waals surface area (Å²) in [4.78, 5) is 28.7. The SMILES string of the molecule is O=C(N[C@H]1CN(CCN2CCCC2=O)C[C@@H]1c1ccccc1)C1CCC1. The molecule has 140 valence electrons. The van der Waals surface area contributed by atoms with Crippen LogP contribution in [0.5, 0.6) is 0 Å². The lowest BCUT2D eigenvalue weighted by atomic mass is 9.84. The van der Waals surface area contributed by atoms with Gasteiger partial charge < -0.3 is 10.2 Å². The fourth-order valence-electron chi connectivity index (χ4n) is 4.43. The standard InChI is InChI=1S/C21H29N3O2/c25-20-10-5-11-24(20)13-12-23-14-18(16-6-2-1-3-7-16)19(15-23)22-21(26)17-8-4-9-17/h1-3,6-7,17-19H,4-5,8-15H2,(H,22,26)/t18-,19+/m1/s1. The number of benzene rings is 1. The van der Waals surface area contributed by atoms with E-state index in [2.05, 4.69) is 34.5 Å². The molecule has 0 bridgehead atoms. The molecular formula is C21H29N3O2. The van der Waals surface area contributed by atoms with Crippen molar-refractivity contribution in [1.29, 1.82) is 0 Å². The molecule has 26 heavy (non-hydrogen) atoms. The predicted molar refractivity (Wildman–Crippen MR) is 101 cm³/mol. The average molecular weight is 355 g/mol. The molecular weight excluding hydrogens is 326 g/mol. The summed E-state index contributed by atoms with van der Waals surface area (Å²) in [7, 11) is 0. The van der Waals surface area contributed by atoms with Crippen LogP contribution in [-0.2, 0) is 9.59 Å². The number of likely N-dealkylation sites (tertiary alicyclic amines) is 2. The van der Waals surface area contributed by atoms with E-state index in [0.29, 0.717) is 18.2 Å². The largest absolute Gasteiger partial charge is 0.351 e. The average Bonchev–Trinajstić information content (AvgIpc) is 3.18. The predicted octanol–water partition coefficient (Wildman–Crippen LogP) is 1.99. The highest BCUT2D eigenvalue weighted by atomic mass is 16.2. The molecule has 0 aromatic heterocycles. The van der Waals surface area contributed by atoms with Crippen LogP contribution in [0.2, 0.25) is 0 Å². The molecule has 1 aromatic rings. The van der Waals surface area contributed by atoms with Gasteiger partial charge in [-0.1, -0.05) is 36.8 Å². The number of nitrogens with one attached hydrogen (secondary N) is 1. The van der Waals surface area contributed by atoms with Gasteiger partial charge in [-0.15, -0.1) is 0 Å². The Morgan fingerprint density at radius 1 is 1.08 bits per heavy atom. The number of nitrogens with zero attached hydrogens (tertiary/aromatic N) is 2. The summed E-state index contributed by atoms with van der Waals surface area (Å²) >= 11 is 0. The van der Waals surface area contributed by atoms with Crippen LogP contribution in [0.3, 0.4) is 0 Å². The van der Waals surface area contributed by atoms with Crippen molar-refractivity contribution >= 4 is 11.8 Å². The summed E-state index contributed by atoms with van der Waals surface area (Å²) < 4.78 is 0. The highest BCUT2D eigenvalue weighted by Crippen LogP contribution is 2.30. The first-order valence-electron chi connectivity index (χ1n) is 10.1. The van der Waals surface area contributed by atoms with Gasteiger partial charge in [0.15, 0.2) is 0 Å². The molecule has 1 saturated carbocycles. The number of carbonyl (C=O) groups excluding carboxylic acids is 2. The van der Waals surface area contributed by atoms with E-state index in [4.69, 9.17) is 0 Å². The molecule has 2 heterocycles. The van der Waals surface area contributed by atoms with Crippen molar-refractivity contribution < 1.29 is 9.59 Å². The quantitative estimate of drug-likeness (QED) is 0.849. The zero-order valence-electron chi connectivity index (χ0n) is 15.4. The Balaban J connectivity index is 1.40. The van der Waals surface area contributed by atoms with Gasteiger partial charge in [-0.3, -0.25) is 14.5 Å². The maximum Gasteiger partial charge on any atom is 0.223 e. The second-order valence-corrected chi connectivity index (χ2v) is 8.00. The van der Waals surface area contributed by atoms with Crippen LogP contribution in [-0.4, -0.2) is 60.4 Å². The summed E-state index contributed by atoms with van der Waals surface area (Å²) in [6.45, 7) is 4.42. The Morgan fingerprint density at radius 2 is 1.88 bits per heavy atom. The second-order valence-electron chi connectivity index (χ2n) is 8.00. The molecule has 5 nitrogen and oxygen atoms in total. The van der Waals surface area contributed by atoms with E-state index < -0.39 is 0 Å². The van der Waals surface area contributed by atoms with Crippen LogP contribution in [0, 0.1) is 5.92 Å². The molecule has 2 aliphatic heterocycles. The number of rotatable bonds is 6. The minimum Gasteiger partial charge on any atom is -0.351 e. The van der Waals surface area contributed by atoms with Gasteiger partial charge in [-0.2, -0.15) is 0 Å². The van der Waals surface area contributed by atoms with Crippen molar-refractivity contribution in [1.82, 2.24) is 15.1 Å². The molecule has 2 atom stereocenters. The fraction of sp³-hybridized carbons (Fsp3) is 0.619. The zero-order valence-corrected chi connectivity index (χ0v) is 15.4. The first kappa shape index (κ1) is 17.5. The maximum absolute atomic E-state index is 12.5. The third kappa shape index (κ3) is 3.78. The molecule has 1 N–H and O–H groups in total. The van der Waals surface area contributed by atoms with Gasteiger partial charge in [0, 0.05) is 57.0 Å². The molecule has 1 aromatic carbocycles. The number of carbonyl (C=O) groups is 2. The summed E-state index contributed by atoms with van der Waals surface area (Å²) in [5, 5.41) is 3.33. The Hall–Kier alpha value is -1.88. The first-order valence-corrected chi connectivity index (χ1v) is 10.1. The van der Waals surface area contributed by atoms with Gasteiger partial charge in [0.25, 0.3) is 0 Å². The Kier molecular flexibility index (Phi) is 5.25. The van der Waals surface area contributed by atoms with Crippen LogP contribution < -0.4 is 5.32 Å². The molecule has 0 spiro atoms. The number of hydrogen-bond acceptors (Lipinski definition) is 3. The molecule has 3 aliphatic rings. The second kappa shape index (κ2) is 7.78. The molecule has 3 fully saturated rings. The highest BCUT2D eigenvalue weighted by Gasteiger charge is 2.37. The highest BCUT2D eigenvalue weighted by molar-refractivity contribution is 5.80. The van der Waals surface area contributed by atoms with E-state index >= 15 is 0 Å². The lowest BCUT2D eigenvalue weighted by Gasteiger charge is -2.28. The van der Waals surface area contributed by atoms with Gasteiger partial charge in [-0.25, -0.2) is 0 Å². The third-order valence-corrected chi connectivity index (χ3v) is 6.28. The third-order valence-electron chi connectivity index (χ3n) is 6.28. The summed E-state index contributed by atoms with van der Waals surface area (Å²) in [6.07, 6.45) is 4.95. The van der Waals surface area contributed by atoms with Crippen LogP contribution in [0.1, 0.15) is 43.6 Å². The lowest BCUT2D eigenvalue weighted by Crippen LogP contribution is -2.44. The number of hydrogen-bond donors (Lipinski definition) is 1. The topological polar surface area (TPSA) is 52.7 Å². The summed E-state index contributed by atoms with van der Waals surface area (Å²) in [6, 6.07) is 10.7. The minimum atomic E-state index is 0.166. The Labute approximate surface area is 155 Å². The summed E-state index contributed by atoms with van der Waals surface area (Å²) in [5.74, 6) is 1.08. The zero-order chi connectivity index (χ0) is 17.9. The Morgan fingerprint density at radius 3 is 2.54 bits per heavy atom. The molecule has 2 saturated heterocycles. The smallest absolute Gasteiger partial charge is 0.223 e.